The summed E-state index contributed by atoms with van der Waals surface area (Å²) in [6, 6.07) is 0. The van der Waals surface area contributed by atoms with E-state index >= 15 is 0 Å². The van der Waals surface area contributed by atoms with Crippen molar-refractivity contribution in [3.63, 3.8) is 0 Å². The minimum atomic E-state index is -0.693. The van der Waals surface area contributed by atoms with Gasteiger partial charge < -0.3 is 0 Å². The van der Waals surface area contributed by atoms with E-state index in [0.29, 0.717) is 0 Å². The maximum Gasteiger partial charge on any atom is 0.0330 e. The zero-order valence-corrected chi connectivity index (χ0v) is 8.58. The maximum absolute atomic E-state index is 2.44. The van der Waals surface area contributed by atoms with Gasteiger partial charge in [-0.05, 0) is 0 Å². The fraction of sp³-hybridized carbons (Fsp3) is 1.00. The van der Waals surface area contributed by atoms with Crippen LogP contribution in [0.25, 0.3) is 0 Å². The van der Waals surface area contributed by atoms with Gasteiger partial charge in [0.2, 0.25) is 0 Å². The van der Waals surface area contributed by atoms with Gasteiger partial charge >= 0.3 is 0 Å². The summed E-state index contributed by atoms with van der Waals surface area (Å²) in [5, 5.41) is 0. The van der Waals surface area contributed by atoms with Crippen LogP contribution >= 0.6 is 0 Å². The summed E-state index contributed by atoms with van der Waals surface area (Å²) >= 11 is 0. The third-order valence-electron chi connectivity index (χ3n) is 0.722. The molecule has 0 aromatic carbocycles. The first kappa shape index (κ1) is 8.43. The van der Waals surface area contributed by atoms with E-state index in [1.165, 1.54) is 9.04 Å². The second-order valence-corrected chi connectivity index (χ2v) is 14.9. The third-order valence-corrected chi connectivity index (χ3v) is 6.50. The number of hydrogen-bond donors (Lipinski definition) is 0. The Labute approximate surface area is 56.3 Å². The van der Waals surface area contributed by atoms with Crippen LogP contribution < -0.4 is 0 Å². The molecule has 0 nitrogen and oxygen atoms in total. The molecule has 0 unspecified atom stereocenters. The first-order valence-corrected chi connectivity index (χ1v) is 8.77. The second kappa shape index (κ2) is 2.83. The molecule has 0 amide bonds. The molecule has 0 N–H and O–H groups in total. The molecular weight excluding hydrogens is 128 g/mol. The van der Waals surface area contributed by atoms with Crippen LogP contribution in [0.1, 0.15) is 13.8 Å². The highest BCUT2D eigenvalue weighted by atomic mass is 29.2. The second-order valence-electron chi connectivity index (χ2n) is 3.55. The Morgan fingerprint density at radius 1 is 1.12 bits per heavy atom. The lowest BCUT2D eigenvalue weighted by Gasteiger charge is -2.16. The van der Waals surface area contributed by atoms with Crippen LogP contribution in [0.5, 0.6) is 0 Å². The Bertz CT molecular complexity index is 61.4. The molecule has 0 aliphatic rings. The molecule has 0 heterocycles. The molecule has 2 radical (unpaired) electrons. The minimum Gasteiger partial charge on any atom is -0.0719 e. The molecule has 0 aliphatic carbocycles. The average Bonchev–Trinajstić information content (AvgIpc) is 1.21. The molecular formula is C6H16Si2. The molecule has 8 heavy (non-hydrogen) atoms. The van der Waals surface area contributed by atoms with Gasteiger partial charge in [0.05, 0.1) is 0 Å². The van der Waals surface area contributed by atoms with Gasteiger partial charge in [-0.25, -0.2) is 0 Å². The number of hydrogen-bond acceptors (Lipinski definition) is 0. The predicted molar refractivity (Wildman–Crippen MR) is 44.2 cm³/mol. The van der Waals surface area contributed by atoms with Gasteiger partial charge in [0.15, 0.2) is 0 Å². The number of rotatable bonds is 2. The molecule has 0 saturated carbocycles. The van der Waals surface area contributed by atoms with Crippen LogP contribution in [-0.4, -0.2) is 16.6 Å². The Kier molecular flexibility index (Phi) is 2.98. The predicted octanol–water partition coefficient (Wildman–Crippen LogP) is 2.35. The van der Waals surface area contributed by atoms with E-state index in [1.807, 2.05) is 0 Å². The van der Waals surface area contributed by atoms with Gasteiger partial charge in [-0.3, -0.25) is 0 Å². The Morgan fingerprint density at radius 3 is 1.50 bits per heavy atom. The van der Waals surface area contributed by atoms with Gasteiger partial charge in [-0.2, -0.15) is 0 Å². The van der Waals surface area contributed by atoms with Gasteiger partial charge in [-0.1, -0.05) is 39.0 Å². The van der Waals surface area contributed by atoms with Crippen LogP contribution in [0.15, 0.2) is 0 Å². The highest BCUT2D eigenvalue weighted by molar-refractivity contribution is 7.23. The molecule has 48 valence electrons. The first-order valence-electron chi connectivity index (χ1n) is 3.19. The van der Waals surface area contributed by atoms with E-state index in [0.717, 1.165) is 5.54 Å². The summed E-state index contributed by atoms with van der Waals surface area (Å²) < 4.78 is 0. The standard InChI is InChI=1S/C6H16Si2/c1-6(2)7-8(3,4)5/h6H,1-5H3. The van der Waals surface area contributed by atoms with E-state index in [1.54, 1.807) is 0 Å². The molecule has 0 aromatic rings. The SMILES string of the molecule is CC(C)[Si][Si](C)(C)C. The fourth-order valence-corrected chi connectivity index (χ4v) is 7.79. The first-order chi connectivity index (χ1) is 3.42. The maximum atomic E-state index is 2.44. The smallest absolute Gasteiger partial charge is 0.0330 e. The van der Waals surface area contributed by atoms with Crippen molar-refractivity contribution in [1.82, 2.24) is 0 Å². The Balaban J connectivity index is 3.39. The molecule has 0 atom stereocenters. The van der Waals surface area contributed by atoms with E-state index in [-0.39, 0.29) is 0 Å². The van der Waals surface area contributed by atoms with Crippen LogP contribution in [-0.2, 0) is 0 Å². The molecule has 0 saturated heterocycles. The van der Waals surface area contributed by atoms with E-state index < -0.39 is 7.59 Å². The van der Waals surface area contributed by atoms with Crippen LogP contribution in [0, 0.1) is 0 Å². The van der Waals surface area contributed by atoms with Crippen molar-refractivity contribution in [2.24, 2.45) is 0 Å². The Morgan fingerprint density at radius 2 is 1.50 bits per heavy atom. The summed E-state index contributed by atoms with van der Waals surface area (Å²) in [4.78, 5) is 0. The zero-order chi connectivity index (χ0) is 6.78. The topological polar surface area (TPSA) is 0 Å². The van der Waals surface area contributed by atoms with E-state index in [9.17, 15) is 0 Å². The quantitative estimate of drug-likeness (QED) is 0.522. The summed E-state index contributed by atoms with van der Waals surface area (Å²) in [6.45, 7) is 11.9. The van der Waals surface area contributed by atoms with Gasteiger partial charge in [0.25, 0.3) is 0 Å². The average molecular weight is 144 g/mol. The molecule has 0 aliphatic heterocycles. The molecule has 0 rings (SSSR count). The van der Waals surface area contributed by atoms with Gasteiger partial charge in [-0.15, -0.1) is 0 Å². The van der Waals surface area contributed by atoms with Crippen LogP contribution in [0.3, 0.4) is 0 Å². The normalized spacial score (nSPS) is 12.8. The minimum absolute atomic E-state index is 0.693. The molecule has 0 bridgehead atoms. The summed E-state index contributed by atoms with van der Waals surface area (Å²) in [5.41, 5.74) is 0.932. The molecule has 0 aromatic heterocycles. The summed E-state index contributed by atoms with van der Waals surface area (Å²) in [6.07, 6.45) is 0. The van der Waals surface area contributed by atoms with Gasteiger partial charge in [0.1, 0.15) is 0 Å². The highest BCUT2D eigenvalue weighted by Gasteiger charge is 2.14. The monoisotopic (exact) mass is 144 g/mol. The lowest BCUT2D eigenvalue weighted by Crippen LogP contribution is -2.31. The van der Waals surface area contributed by atoms with Crippen molar-refractivity contribution in [3.05, 3.63) is 0 Å². The zero-order valence-electron chi connectivity index (χ0n) is 6.58. The lowest BCUT2D eigenvalue weighted by molar-refractivity contribution is 1.07. The lowest BCUT2D eigenvalue weighted by atomic mass is 10.6. The van der Waals surface area contributed by atoms with E-state index in [2.05, 4.69) is 33.5 Å². The van der Waals surface area contributed by atoms with Crippen molar-refractivity contribution in [2.75, 3.05) is 0 Å². The Hall–Kier alpha value is 0.434. The molecule has 0 fully saturated rings. The fourth-order valence-electron chi connectivity index (χ4n) is 0.866. The van der Waals surface area contributed by atoms with Crippen molar-refractivity contribution in [3.8, 4) is 0 Å². The van der Waals surface area contributed by atoms with Crippen molar-refractivity contribution < 1.29 is 0 Å². The third kappa shape index (κ3) is 6.43. The van der Waals surface area contributed by atoms with Gasteiger partial charge in [0, 0.05) is 16.6 Å². The molecule has 2 heteroatoms. The largest absolute Gasteiger partial charge is 0.0719 e. The highest BCUT2D eigenvalue weighted by Crippen LogP contribution is 2.07. The van der Waals surface area contributed by atoms with Crippen molar-refractivity contribution in [1.29, 1.82) is 0 Å². The summed E-state index contributed by atoms with van der Waals surface area (Å²) in [5.74, 6) is 0. The van der Waals surface area contributed by atoms with Crippen molar-refractivity contribution in [2.45, 2.75) is 39.0 Å². The van der Waals surface area contributed by atoms with Crippen LogP contribution in [0.4, 0.5) is 0 Å². The van der Waals surface area contributed by atoms with Crippen LogP contribution in [0.2, 0.25) is 25.2 Å². The molecule has 0 spiro atoms. The van der Waals surface area contributed by atoms with E-state index in [4.69, 9.17) is 0 Å². The van der Waals surface area contributed by atoms with Crippen molar-refractivity contribution >= 4 is 16.6 Å². The summed E-state index contributed by atoms with van der Waals surface area (Å²) in [7, 11) is 0.544.